The number of alkyl halides is 1. The number of halogens is 1. The van der Waals surface area contributed by atoms with Crippen LogP contribution in [0.4, 0.5) is 0 Å². The standard InChI is InChI=1S/C12H11Cl/c1-2-11-7-3-4-8-12(11)9-5-6-10-13/h2-4,7-8H,1,6,10H2. The van der Waals surface area contributed by atoms with Crippen LogP contribution in [0.5, 0.6) is 0 Å². The predicted octanol–water partition coefficient (Wildman–Crippen LogP) is 3.31. The van der Waals surface area contributed by atoms with Gasteiger partial charge >= 0.3 is 0 Å². The van der Waals surface area contributed by atoms with E-state index in [2.05, 4.69) is 18.4 Å². The fourth-order valence-corrected chi connectivity index (χ4v) is 1.09. The van der Waals surface area contributed by atoms with Crippen molar-refractivity contribution in [2.24, 2.45) is 0 Å². The van der Waals surface area contributed by atoms with E-state index in [1.165, 1.54) is 0 Å². The van der Waals surface area contributed by atoms with Crippen molar-refractivity contribution in [3.05, 3.63) is 42.0 Å². The third-order valence-corrected chi connectivity index (χ3v) is 1.81. The molecule has 0 spiro atoms. The van der Waals surface area contributed by atoms with Crippen LogP contribution >= 0.6 is 11.6 Å². The summed E-state index contributed by atoms with van der Waals surface area (Å²) in [5.41, 5.74) is 2.09. The van der Waals surface area contributed by atoms with Crippen LogP contribution in [-0.4, -0.2) is 5.88 Å². The number of benzene rings is 1. The third kappa shape index (κ3) is 2.97. The highest BCUT2D eigenvalue weighted by Crippen LogP contribution is 2.07. The van der Waals surface area contributed by atoms with Crippen molar-refractivity contribution >= 4 is 17.7 Å². The molecule has 13 heavy (non-hydrogen) atoms. The number of rotatable bonds is 2. The van der Waals surface area contributed by atoms with Gasteiger partial charge in [0.2, 0.25) is 0 Å². The topological polar surface area (TPSA) is 0 Å². The first-order valence-corrected chi connectivity index (χ1v) is 4.68. The van der Waals surface area contributed by atoms with Crippen molar-refractivity contribution < 1.29 is 0 Å². The second-order valence-electron chi connectivity index (χ2n) is 2.53. The van der Waals surface area contributed by atoms with Crippen molar-refractivity contribution in [3.63, 3.8) is 0 Å². The van der Waals surface area contributed by atoms with Gasteiger partial charge in [0.25, 0.3) is 0 Å². The molecule has 0 aliphatic carbocycles. The van der Waals surface area contributed by atoms with Crippen molar-refractivity contribution in [2.75, 3.05) is 5.88 Å². The van der Waals surface area contributed by atoms with Crippen molar-refractivity contribution in [1.29, 1.82) is 0 Å². The monoisotopic (exact) mass is 190 g/mol. The zero-order chi connectivity index (χ0) is 9.52. The summed E-state index contributed by atoms with van der Waals surface area (Å²) in [6, 6.07) is 7.93. The highest BCUT2D eigenvalue weighted by Gasteiger charge is 1.91. The van der Waals surface area contributed by atoms with E-state index < -0.39 is 0 Å². The normalized spacial score (nSPS) is 8.69. The Kier molecular flexibility index (Phi) is 4.15. The van der Waals surface area contributed by atoms with Crippen LogP contribution in [0.1, 0.15) is 17.5 Å². The zero-order valence-corrected chi connectivity index (χ0v) is 8.14. The average Bonchev–Trinajstić information content (AvgIpc) is 2.19. The third-order valence-electron chi connectivity index (χ3n) is 1.62. The molecule has 0 bridgehead atoms. The van der Waals surface area contributed by atoms with Crippen LogP contribution in [0.3, 0.4) is 0 Å². The maximum absolute atomic E-state index is 5.52. The highest BCUT2D eigenvalue weighted by molar-refractivity contribution is 6.18. The minimum atomic E-state index is 0.587. The Balaban J connectivity index is 2.88. The summed E-state index contributed by atoms with van der Waals surface area (Å²) in [6.45, 7) is 3.73. The second-order valence-corrected chi connectivity index (χ2v) is 2.91. The van der Waals surface area contributed by atoms with Gasteiger partial charge in [-0.05, 0) is 11.6 Å². The van der Waals surface area contributed by atoms with Crippen LogP contribution in [0, 0.1) is 11.8 Å². The van der Waals surface area contributed by atoms with E-state index in [0.29, 0.717) is 5.88 Å². The van der Waals surface area contributed by atoms with Gasteiger partial charge in [0.15, 0.2) is 0 Å². The lowest BCUT2D eigenvalue weighted by Gasteiger charge is -1.95. The summed E-state index contributed by atoms with van der Waals surface area (Å²) in [5.74, 6) is 6.64. The lowest BCUT2D eigenvalue weighted by atomic mass is 10.1. The summed E-state index contributed by atoms with van der Waals surface area (Å²) in [5, 5.41) is 0. The van der Waals surface area contributed by atoms with E-state index in [1.807, 2.05) is 30.3 Å². The van der Waals surface area contributed by atoms with E-state index >= 15 is 0 Å². The largest absolute Gasteiger partial charge is 0.126 e. The molecule has 0 radical (unpaired) electrons. The average molecular weight is 191 g/mol. The summed E-state index contributed by atoms with van der Waals surface area (Å²) in [4.78, 5) is 0. The quantitative estimate of drug-likeness (QED) is 0.496. The van der Waals surface area contributed by atoms with Crippen molar-refractivity contribution in [3.8, 4) is 11.8 Å². The summed E-state index contributed by atoms with van der Waals surface area (Å²) < 4.78 is 0. The molecular formula is C12H11Cl. The molecule has 0 unspecified atom stereocenters. The van der Waals surface area contributed by atoms with Gasteiger partial charge in [-0.2, -0.15) is 0 Å². The van der Waals surface area contributed by atoms with Crippen LogP contribution in [0.2, 0.25) is 0 Å². The molecule has 0 nitrogen and oxygen atoms in total. The molecule has 66 valence electrons. The number of hydrogen-bond donors (Lipinski definition) is 0. The van der Waals surface area contributed by atoms with Gasteiger partial charge in [0, 0.05) is 17.9 Å². The van der Waals surface area contributed by atoms with Gasteiger partial charge in [-0.1, -0.05) is 42.7 Å². The van der Waals surface area contributed by atoms with Gasteiger partial charge in [0.05, 0.1) is 0 Å². The molecule has 0 heterocycles. The molecule has 0 aliphatic rings. The molecule has 0 fully saturated rings. The molecule has 1 aromatic rings. The minimum absolute atomic E-state index is 0.587. The summed E-state index contributed by atoms with van der Waals surface area (Å²) >= 11 is 5.52. The fraction of sp³-hybridized carbons (Fsp3) is 0.167. The Morgan fingerprint density at radius 2 is 2.15 bits per heavy atom. The molecule has 0 aliphatic heterocycles. The molecule has 1 aromatic carbocycles. The van der Waals surface area contributed by atoms with E-state index in [9.17, 15) is 0 Å². The highest BCUT2D eigenvalue weighted by atomic mass is 35.5. The van der Waals surface area contributed by atoms with Crippen molar-refractivity contribution in [2.45, 2.75) is 6.42 Å². The maximum atomic E-state index is 5.52. The minimum Gasteiger partial charge on any atom is -0.126 e. The molecule has 0 saturated carbocycles. The zero-order valence-electron chi connectivity index (χ0n) is 7.39. The molecule has 1 heteroatoms. The van der Waals surface area contributed by atoms with Gasteiger partial charge in [-0.25, -0.2) is 0 Å². The molecule has 0 atom stereocenters. The molecule has 1 rings (SSSR count). The molecular weight excluding hydrogens is 180 g/mol. The van der Waals surface area contributed by atoms with Crippen molar-refractivity contribution in [1.82, 2.24) is 0 Å². The molecule has 0 amide bonds. The van der Waals surface area contributed by atoms with Gasteiger partial charge in [-0.15, -0.1) is 11.6 Å². The lowest BCUT2D eigenvalue weighted by molar-refractivity contribution is 1.29. The predicted molar refractivity (Wildman–Crippen MR) is 58.7 cm³/mol. The van der Waals surface area contributed by atoms with Crippen LogP contribution < -0.4 is 0 Å². The SMILES string of the molecule is C=Cc1ccccc1C#CCCCl. The van der Waals surface area contributed by atoms with Gasteiger partial charge < -0.3 is 0 Å². The molecule has 0 aromatic heterocycles. The Hall–Kier alpha value is -1.19. The van der Waals surface area contributed by atoms with E-state index in [1.54, 1.807) is 0 Å². The fourth-order valence-electron chi connectivity index (χ4n) is 0.994. The van der Waals surface area contributed by atoms with Gasteiger partial charge in [0.1, 0.15) is 0 Å². The molecule has 0 saturated heterocycles. The summed E-state index contributed by atoms with van der Waals surface area (Å²) in [7, 11) is 0. The Morgan fingerprint density at radius 3 is 2.85 bits per heavy atom. The molecule has 0 N–H and O–H groups in total. The summed E-state index contributed by atoms with van der Waals surface area (Å²) in [6.07, 6.45) is 2.54. The Bertz CT molecular complexity index is 342. The van der Waals surface area contributed by atoms with Crippen LogP contribution in [-0.2, 0) is 0 Å². The maximum Gasteiger partial charge on any atom is 0.0333 e. The first-order chi connectivity index (χ1) is 6.38. The Labute approximate surface area is 84.2 Å². The van der Waals surface area contributed by atoms with Crippen LogP contribution in [0.25, 0.3) is 6.08 Å². The van der Waals surface area contributed by atoms with Gasteiger partial charge in [-0.3, -0.25) is 0 Å². The number of hydrogen-bond acceptors (Lipinski definition) is 0. The first-order valence-electron chi connectivity index (χ1n) is 4.15. The van der Waals surface area contributed by atoms with E-state index in [-0.39, 0.29) is 0 Å². The Morgan fingerprint density at radius 1 is 1.38 bits per heavy atom. The first kappa shape index (κ1) is 9.89. The van der Waals surface area contributed by atoms with Crippen LogP contribution in [0.15, 0.2) is 30.8 Å². The lowest BCUT2D eigenvalue weighted by Crippen LogP contribution is -1.80. The van der Waals surface area contributed by atoms with E-state index in [4.69, 9.17) is 11.6 Å². The van der Waals surface area contributed by atoms with E-state index in [0.717, 1.165) is 17.5 Å². The smallest absolute Gasteiger partial charge is 0.0333 e. The second kappa shape index (κ2) is 5.45.